The number of nitrogens with one attached hydrogen (secondary N) is 1. The first-order valence-corrected chi connectivity index (χ1v) is 7.05. The zero-order chi connectivity index (χ0) is 15.6. The Labute approximate surface area is 127 Å². The fourth-order valence-corrected chi connectivity index (χ4v) is 2.78. The highest BCUT2D eigenvalue weighted by molar-refractivity contribution is 9.10. The minimum absolute atomic E-state index is 0.112. The highest BCUT2D eigenvalue weighted by Crippen LogP contribution is 2.40. The Morgan fingerprint density at radius 1 is 1.33 bits per heavy atom. The average molecular weight is 368 g/mol. The molecule has 9 heteroatoms. The summed E-state index contributed by atoms with van der Waals surface area (Å²) < 4.78 is 40.3. The highest BCUT2D eigenvalue weighted by atomic mass is 79.9. The number of hydrogen-bond acceptors (Lipinski definition) is 4. The monoisotopic (exact) mass is 367 g/mol. The van der Waals surface area contributed by atoms with Crippen molar-refractivity contribution in [2.45, 2.75) is 12.2 Å². The van der Waals surface area contributed by atoms with E-state index in [4.69, 9.17) is 0 Å². The molecule has 0 aliphatic carbocycles. The Morgan fingerprint density at radius 2 is 1.95 bits per heavy atom. The summed E-state index contributed by atoms with van der Waals surface area (Å²) in [5, 5.41) is 13.9. The van der Waals surface area contributed by atoms with E-state index < -0.39 is 17.1 Å². The minimum Gasteiger partial charge on any atom is -0.314 e. The molecule has 1 N–H and O–H groups in total. The molecule has 0 spiro atoms. The van der Waals surface area contributed by atoms with Crippen LogP contribution < -0.4 is 5.32 Å². The molecule has 0 unspecified atom stereocenters. The molecule has 21 heavy (non-hydrogen) atoms. The van der Waals surface area contributed by atoms with E-state index in [0.717, 1.165) is 6.07 Å². The summed E-state index contributed by atoms with van der Waals surface area (Å²) in [6.07, 6.45) is -4.49. The molecule has 1 saturated heterocycles. The summed E-state index contributed by atoms with van der Waals surface area (Å²) >= 11 is 2.98. The third kappa shape index (κ3) is 3.72. The standard InChI is InChI=1S/C12H13BrF3N3O2/c13-9-2-1-8(7-10(9)19(20)21)11(12(14,15)16)18-5-3-17-4-6-18/h1-2,7,11,17H,3-6H2/t11-/m1/s1. The van der Waals surface area contributed by atoms with Crippen LogP contribution in [0.1, 0.15) is 11.6 Å². The summed E-state index contributed by atoms with van der Waals surface area (Å²) in [6, 6.07) is 1.72. The van der Waals surface area contributed by atoms with Crippen LogP contribution in [0, 0.1) is 10.1 Å². The fraction of sp³-hybridized carbons (Fsp3) is 0.500. The molecule has 0 amide bonds. The zero-order valence-electron chi connectivity index (χ0n) is 10.9. The van der Waals surface area contributed by atoms with E-state index in [-0.39, 0.29) is 28.8 Å². The zero-order valence-corrected chi connectivity index (χ0v) is 12.4. The predicted octanol–water partition coefficient (Wildman–Crippen LogP) is 2.87. The first-order valence-electron chi connectivity index (χ1n) is 6.26. The van der Waals surface area contributed by atoms with Gasteiger partial charge in [0.25, 0.3) is 5.69 Å². The van der Waals surface area contributed by atoms with Crippen molar-refractivity contribution in [3.8, 4) is 0 Å². The second-order valence-electron chi connectivity index (χ2n) is 4.70. The Morgan fingerprint density at radius 3 is 2.48 bits per heavy atom. The molecule has 0 radical (unpaired) electrons. The smallest absolute Gasteiger partial charge is 0.314 e. The Kier molecular flexibility index (Phi) is 4.84. The van der Waals surface area contributed by atoms with Gasteiger partial charge in [-0.3, -0.25) is 15.0 Å². The lowest BCUT2D eigenvalue weighted by Gasteiger charge is -2.36. The lowest BCUT2D eigenvalue weighted by molar-refractivity contribution is -0.385. The molecule has 1 atom stereocenters. The van der Waals surface area contributed by atoms with Crippen LogP contribution >= 0.6 is 15.9 Å². The average Bonchev–Trinajstić information content (AvgIpc) is 2.40. The van der Waals surface area contributed by atoms with E-state index in [9.17, 15) is 23.3 Å². The van der Waals surface area contributed by atoms with Gasteiger partial charge in [0.05, 0.1) is 9.40 Å². The van der Waals surface area contributed by atoms with Crippen LogP contribution in [0.15, 0.2) is 22.7 Å². The minimum atomic E-state index is -4.49. The number of nitro benzene ring substituents is 1. The van der Waals surface area contributed by atoms with Gasteiger partial charge in [-0.05, 0) is 27.6 Å². The highest BCUT2D eigenvalue weighted by Gasteiger charge is 2.45. The van der Waals surface area contributed by atoms with Gasteiger partial charge in [-0.15, -0.1) is 0 Å². The van der Waals surface area contributed by atoms with E-state index >= 15 is 0 Å². The second-order valence-corrected chi connectivity index (χ2v) is 5.55. The van der Waals surface area contributed by atoms with Crippen molar-refractivity contribution in [1.29, 1.82) is 0 Å². The molecule has 1 aliphatic heterocycles. The van der Waals surface area contributed by atoms with Crippen molar-refractivity contribution in [1.82, 2.24) is 10.2 Å². The molecule has 1 aromatic carbocycles. The number of benzene rings is 1. The molecule has 0 aromatic heterocycles. The number of halogens is 4. The number of piperazine rings is 1. The Balaban J connectivity index is 2.41. The maximum atomic E-state index is 13.4. The molecule has 1 aliphatic rings. The van der Waals surface area contributed by atoms with Crippen molar-refractivity contribution in [2.24, 2.45) is 0 Å². The quantitative estimate of drug-likeness (QED) is 0.659. The largest absolute Gasteiger partial charge is 0.408 e. The second kappa shape index (κ2) is 6.29. The normalized spacial score (nSPS) is 18.5. The maximum Gasteiger partial charge on any atom is 0.408 e. The first kappa shape index (κ1) is 16.2. The summed E-state index contributed by atoms with van der Waals surface area (Å²) in [6.45, 7) is 1.42. The molecular formula is C12H13BrF3N3O2. The molecule has 0 saturated carbocycles. The fourth-order valence-electron chi connectivity index (χ4n) is 2.39. The van der Waals surface area contributed by atoms with Gasteiger partial charge >= 0.3 is 6.18 Å². The van der Waals surface area contributed by atoms with E-state index in [1.807, 2.05) is 0 Å². The van der Waals surface area contributed by atoms with Gasteiger partial charge in [0.15, 0.2) is 0 Å². The Hall–Kier alpha value is -1.19. The number of nitrogens with zero attached hydrogens (tertiary/aromatic N) is 2. The van der Waals surface area contributed by atoms with Crippen LogP contribution in [-0.2, 0) is 0 Å². The van der Waals surface area contributed by atoms with Crippen molar-refractivity contribution >= 4 is 21.6 Å². The third-order valence-corrected chi connectivity index (χ3v) is 3.98. The predicted molar refractivity (Wildman–Crippen MR) is 74.0 cm³/mol. The van der Waals surface area contributed by atoms with Crippen LogP contribution in [0.4, 0.5) is 18.9 Å². The molecule has 1 heterocycles. The maximum absolute atomic E-state index is 13.4. The summed E-state index contributed by atoms with van der Waals surface area (Å²) in [5.41, 5.74) is -0.476. The van der Waals surface area contributed by atoms with Gasteiger partial charge in [0, 0.05) is 32.2 Å². The lowest BCUT2D eigenvalue weighted by Crippen LogP contribution is -2.49. The van der Waals surface area contributed by atoms with Crippen molar-refractivity contribution in [3.05, 3.63) is 38.3 Å². The number of nitro groups is 1. The summed E-state index contributed by atoms with van der Waals surface area (Å²) in [7, 11) is 0. The van der Waals surface area contributed by atoms with E-state index in [1.165, 1.54) is 17.0 Å². The third-order valence-electron chi connectivity index (χ3n) is 3.31. The van der Waals surface area contributed by atoms with E-state index in [2.05, 4.69) is 21.2 Å². The van der Waals surface area contributed by atoms with Gasteiger partial charge in [-0.2, -0.15) is 13.2 Å². The van der Waals surface area contributed by atoms with E-state index in [0.29, 0.717) is 13.1 Å². The van der Waals surface area contributed by atoms with Gasteiger partial charge in [0.1, 0.15) is 6.04 Å². The Bertz CT molecular complexity index is 533. The topological polar surface area (TPSA) is 58.4 Å². The number of rotatable bonds is 3. The molecule has 116 valence electrons. The SMILES string of the molecule is O=[N+]([O-])c1cc([C@@H](N2CCNCC2)C(F)(F)F)ccc1Br. The molecule has 5 nitrogen and oxygen atoms in total. The lowest BCUT2D eigenvalue weighted by atomic mass is 10.0. The van der Waals surface area contributed by atoms with Gasteiger partial charge < -0.3 is 5.32 Å². The van der Waals surface area contributed by atoms with Crippen LogP contribution in [0.5, 0.6) is 0 Å². The van der Waals surface area contributed by atoms with Crippen LogP contribution in [0.3, 0.4) is 0 Å². The van der Waals surface area contributed by atoms with Crippen LogP contribution in [0.25, 0.3) is 0 Å². The molecule has 2 rings (SSSR count). The van der Waals surface area contributed by atoms with Crippen molar-refractivity contribution in [3.63, 3.8) is 0 Å². The summed E-state index contributed by atoms with van der Waals surface area (Å²) in [5.74, 6) is 0. The molecule has 1 fully saturated rings. The molecule has 1 aromatic rings. The molecular weight excluding hydrogens is 355 g/mol. The van der Waals surface area contributed by atoms with Crippen LogP contribution in [0.2, 0.25) is 0 Å². The van der Waals surface area contributed by atoms with E-state index in [1.54, 1.807) is 0 Å². The molecule has 0 bridgehead atoms. The van der Waals surface area contributed by atoms with Crippen molar-refractivity contribution < 1.29 is 18.1 Å². The van der Waals surface area contributed by atoms with Gasteiger partial charge in [-0.25, -0.2) is 0 Å². The van der Waals surface area contributed by atoms with Crippen LogP contribution in [-0.4, -0.2) is 42.2 Å². The van der Waals surface area contributed by atoms with Crippen molar-refractivity contribution in [2.75, 3.05) is 26.2 Å². The first-order chi connectivity index (χ1) is 9.80. The van der Waals surface area contributed by atoms with Gasteiger partial charge in [0.2, 0.25) is 0 Å². The summed E-state index contributed by atoms with van der Waals surface area (Å²) in [4.78, 5) is 11.5. The number of alkyl halides is 3. The van der Waals surface area contributed by atoms with Gasteiger partial charge in [-0.1, -0.05) is 6.07 Å². The number of hydrogen-bond donors (Lipinski definition) is 1.